The molecule has 4 rings (SSSR count). The van der Waals surface area contributed by atoms with E-state index in [2.05, 4.69) is 39.8 Å². The largest absolute Gasteiger partial charge is 2.00 e. The molecular formula is C48H70CaO6S2. The van der Waals surface area contributed by atoms with E-state index in [0.29, 0.717) is 12.8 Å². The minimum atomic E-state index is -4.48. The van der Waals surface area contributed by atoms with Crippen LogP contribution in [0, 0.1) is 0 Å². The summed E-state index contributed by atoms with van der Waals surface area (Å²) < 4.78 is 72.3. The molecule has 4 aromatic rings. The van der Waals surface area contributed by atoms with Crippen LogP contribution in [0.1, 0.15) is 178 Å². The summed E-state index contributed by atoms with van der Waals surface area (Å²) in [4.78, 5) is 0.00972. The van der Waals surface area contributed by atoms with Gasteiger partial charge in [0.2, 0.25) is 0 Å². The zero-order valence-corrected chi connectivity index (χ0v) is 39.6. The van der Waals surface area contributed by atoms with Gasteiger partial charge in [-0.3, -0.25) is 0 Å². The van der Waals surface area contributed by atoms with E-state index in [1.165, 1.54) is 64.2 Å². The Hall–Kier alpha value is -1.52. The second kappa shape index (κ2) is 28.1. The van der Waals surface area contributed by atoms with Crippen LogP contribution in [0.3, 0.4) is 0 Å². The molecule has 0 aliphatic heterocycles. The van der Waals surface area contributed by atoms with Crippen LogP contribution in [0.5, 0.6) is 0 Å². The van der Waals surface area contributed by atoms with Crippen molar-refractivity contribution in [3.63, 3.8) is 0 Å². The fourth-order valence-electron chi connectivity index (χ4n) is 7.99. The summed E-state index contributed by atoms with van der Waals surface area (Å²) in [6, 6.07) is 19.3. The molecule has 0 saturated heterocycles. The van der Waals surface area contributed by atoms with Crippen molar-refractivity contribution in [1.29, 1.82) is 0 Å². The quantitative estimate of drug-likeness (QED) is 0.0353. The SMILES string of the molecule is CCCCCCCc1cc(S(=O)(=O)[O-])c(CCCCCCC)c2ccccc12.CCCCCCCc1cc(S(=O)(=O)[O-])c(CCCCCCC)c2ccccc12.[Ca+2]. The average molecular weight is 847 g/mol. The minimum absolute atomic E-state index is 0. The third kappa shape index (κ3) is 17.5. The summed E-state index contributed by atoms with van der Waals surface area (Å²) in [6.45, 7) is 8.74. The molecule has 0 unspecified atom stereocenters. The molecule has 0 N–H and O–H groups in total. The Bertz CT molecular complexity index is 1830. The van der Waals surface area contributed by atoms with E-state index in [-0.39, 0.29) is 47.5 Å². The number of unbranched alkanes of at least 4 members (excludes halogenated alkanes) is 16. The zero-order chi connectivity index (χ0) is 40.8. The number of hydrogen-bond donors (Lipinski definition) is 0. The minimum Gasteiger partial charge on any atom is -0.744 e. The van der Waals surface area contributed by atoms with E-state index in [1.807, 2.05) is 36.4 Å². The normalized spacial score (nSPS) is 11.8. The monoisotopic (exact) mass is 846 g/mol. The molecule has 0 amide bonds. The summed E-state index contributed by atoms with van der Waals surface area (Å²) in [7, 11) is -8.97. The van der Waals surface area contributed by atoms with Crippen molar-refractivity contribution in [2.45, 2.75) is 192 Å². The Kier molecular flexibility index (Phi) is 25.4. The second-order valence-corrected chi connectivity index (χ2v) is 18.4. The fraction of sp³-hybridized carbons (Fsp3) is 0.583. The van der Waals surface area contributed by atoms with Gasteiger partial charge in [-0.2, -0.15) is 0 Å². The molecule has 0 bridgehead atoms. The summed E-state index contributed by atoms with van der Waals surface area (Å²) in [6.07, 6.45) is 25.6. The molecule has 0 aromatic heterocycles. The molecule has 9 heteroatoms. The van der Waals surface area contributed by atoms with Gasteiger partial charge in [-0.1, -0.05) is 179 Å². The van der Waals surface area contributed by atoms with Gasteiger partial charge >= 0.3 is 37.7 Å². The van der Waals surface area contributed by atoms with E-state index < -0.39 is 20.2 Å². The standard InChI is InChI=1S/2C24H36O3S.Ca/c2*1-3-5-7-9-11-15-20-19-24(28(25,26)27)23(18-12-10-8-6-4-2)22-17-14-13-16-21(20)22;/h2*13-14,16-17,19H,3-12,15,18H2,1-2H3,(H,25,26,27);/q;;+2/p-2. The van der Waals surface area contributed by atoms with Crippen LogP contribution in [-0.4, -0.2) is 63.7 Å². The van der Waals surface area contributed by atoms with E-state index >= 15 is 0 Å². The van der Waals surface area contributed by atoms with Crippen LogP contribution in [0.4, 0.5) is 0 Å². The first-order valence-electron chi connectivity index (χ1n) is 22.0. The Morgan fingerprint density at radius 1 is 0.386 bits per heavy atom. The summed E-state index contributed by atoms with van der Waals surface area (Å²) in [5.74, 6) is 0. The van der Waals surface area contributed by atoms with Crippen molar-refractivity contribution >= 4 is 79.5 Å². The van der Waals surface area contributed by atoms with Crippen molar-refractivity contribution in [2.75, 3.05) is 0 Å². The number of aryl methyl sites for hydroxylation is 4. The van der Waals surface area contributed by atoms with E-state index in [1.54, 1.807) is 12.1 Å². The van der Waals surface area contributed by atoms with Crippen molar-refractivity contribution in [2.24, 2.45) is 0 Å². The van der Waals surface area contributed by atoms with Crippen LogP contribution in [0.15, 0.2) is 70.5 Å². The van der Waals surface area contributed by atoms with Gasteiger partial charge in [-0.25, -0.2) is 16.8 Å². The number of fused-ring (bicyclic) bond motifs is 2. The molecule has 0 aliphatic rings. The Morgan fingerprint density at radius 3 is 0.930 bits per heavy atom. The molecular weight excluding hydrogens is 777 g/mol. The van der Waals surface area contributed by atoms with Gasteiger partial charge in [0.15, 0.2) is 0 Å². The predicted molar refractivity (Wildman–Crippen MR) is 239 cm³/mol. The smallest absolute Gasteiger partial charge is 0.744 e. The maximum atomic E-state index is 12.0. The van der Waals surface area contributed by atoms with Gasteiger partial charge in [-0.15, -0.1) is 0 Å². The molecule has 0 heterocycles. The van der Waals surface area contributed by atoms with E-state index in [9.17, 15) is 25.9 Å². The van der Waals surface area contributed by atoms with Crippen LogP contribution < -0.4 is 0 Å². The number of hydrogen-bond acceptors (Lipinski definition) is 6. The first kappa shape index (κ1) is 51.6. The zero-order valence-electron chi connectivity index (χ0n) is 35.7. The summed E-state index contributed by atoms with van der Waals surface area (Å²) in [5, 5.41) is 4.10. The van der Waals surface area contributed by atoms with Crippen LogP contribution in [-0.2, 0) is 45.9 Å². The third-order valence-electron chi connectivity index (χ3n) is 11.1. The van der Waals surface area contributed by atoms with Crippen molar-refractivity contribution < 1.29 is 25.9 Å². The first-order valence-corrected chi connectivity index (χ1v) is 24.8. The molecule has 0 atom stereocenters. The Balaban J connectivity index is 0.000000387. The van der Waals surface area contributed by atoms with Crippen molar-refractivity contribution in [1.82, 2.24) is 0 Å². The van der Waals surface area contributed by atoms with Crippen molar-refractivity contribution in [3.05, 3.63) is 82.9 Å². The van der Waals surface area contributed by atoms with Gasteiger partial charge < -0.3 is 9.11 Å². The average Bonchev–Trinajstić information content (AvgIpc) is 3.17. The first-order chi connectivity index (χ1) is 27.0. The number of benzene rings is 4. The maximum absolute atomic E-state index is 12.0. The molecule has 0 saturated carbocycles. The topological polar surface area (TPSA) is 114 Å². The number of rotatable bonds is 26. The van der Waals surface area contributed by atoms with Gasteiger partial charge in [0.25, 0.3) is 0 Å². The molecule has 0 aliphatic carbocycles. The molecule has 4 aromatic carbocycles. The third-order valence-corrected chi connectivity index (χ3v) is 12.9. The molecule has 6 nitrogen and oxygen atoms in total. The molecule has 0 fully saturated rings. The fourth-order valence-corrected chi connectivity index (χ4v) is 9.59. The molecule has 0 spiro atoms. The summed E-state index contributed by atoms with van der Waals surface area (Å²) in [5.41, 5.74) is 3.43. The van der Waals surface area contributed by atoms with Crippen LogP contribution in [0.2, 0.25) is 0 Å². The van der Waals surface area contributed by atoms with Gasteiger partial charge in [-0.05, 0) is 107 Å². The van der Waals surface area contributed by atoms with Gasteiger partial charge in [0.1, 0.15) is 20.2 Å². The van der Waals surface area contributed by atoms with E-state index in [0.717, 1.165) is 121 Å². The molecule has 0 radical (unpaired) electrons. The van der Waals surface area contributed by atoms with E-state index in [4.69, 9.17) is 0 Å². The van der Waals surface area contributed by atoms with Crippen LogP contribution in [0.25, 0.3) is 21.5 Å². The van der Waals surface area contributed by atoms with Gasteiger partial charge in [0, 0.05) is 0 Å². The molecule has 312 valence electrons. The van der Waals surface area contributed by atoms with Crippen LogP contribution >= 0.6 is 0 Å². The van der Waals surface area contributed by atoms with Crippen molar-refractivity contribution in [3.8, 4) is 0 Å². The Morgan fingerprint density at radius 2 is 0.649 bits per heavy atom. The summed E-state index contributed by atoms with van der Waals surface area (Å²) >= 11 is 0. The van der Waals surface area contributed by atoms with Gasteiger partial charge in [0.05, 0.1) is 9.79 Å². The maximum Gasteiger partial charge on any atom is 2.00 e. The Labute approximate surface area is 376 Å². The molecule has 57 heavy (non-hydrogen) atoms. The predicted octanol–water partition coefficient (Wildman–Crippen LogP) is 13.2. The second-order valence-electron chi connectivity index (χ2n) is 15.7.